The van der Waals surface area contributed by atoms with Gasteiger partial charge in [-0.3, -0.25) is 0 Å². The fourth-order valence-corrected chi connectivity index (χ4v) is 2.01. The van der Waals surface area contributed by atoms with Crippen LogP contribution in [0.1, 0.15) is 12.5 Å². The maximum absolute atomic E-state index is 13.5. The van der Waals surface area contributed by atoms with Gasteiger partial charge >= 0.3 is 0 Å². The zero-order valence-electron chi connectivity index (χ0n) is 10.6. The third-order valence-corrected chi connectivity index (χ3v) is 2.91. The second-order valence-electron chi connectivity index (χ2n) is 4.48. The van der Waals surface area contributed by atoms with Gasteiger partial charge in [-0.15, -0.1) is 0 Å². The van der Waals surface area contributed by atoms with Gasteiger partial charge in [-0.05, 0) is 43.2 Å². The molecular formula is C15H15ClFNO. The molecule has 1 atom stereocenters. The predicted molar refractivity (Wildman–Crippen MR) is 75.3 cm³/mol. The molecule has 0 aliphatic rings. The Hall–Kier alpha value is -1.58. The molecule has 0 saturated carbocycles. The predicted octanol–water partition coefficient (Wildman–Crippen LogP) is 4.16. The molecule has 0 fully saturated rings. The van der Waals surface area contributed by atoms with Crippen molar-refractivity contribution >= 4 is 11.6 Å². The maximum atomic E-state index is 13.5. The number of ether oxygens (including phenoxy) is 1. The topological polar surface area (TPSA) is 35.2 Å². The molecule has 4 heteroatoms. The zero-order valence-corrected chi connectivity index (χ0v) is 11.3. The fraction of sp³-hybridized carbons (Fsp3) is 0.200. The van der Waals surface area contributed by atoms with E-state index in [2.05, 4.69) is 0 Å². The van der Waals surface area contributed by atoms with Crippen LogP contribution in [0.4, 0.5) is 4.39 Å². The van der Waals surface area contributed by atoms with Crippen molar-refractivity contribution in [2.24, 2.45) is 5.73 Å². The molecule has 0 aliphatic carbocycles. The van der Waals surface area contributed by atoms with Gasteiger partial charge < -0.3 is 10.5 Å². The molecule has 2 N–H and O–H groups in total. The summed E-state index contributed by atoms with van der Waals surface area (Å²) in [5, 5.41) is 0.446. The van der Waals surface area contributed by atoms with Crippen LogP contribution in [0.3, 0.4) is 0 Å². The molecule has 0 radical (unpaired) electrons. The van der Waals surface area contributed by atoms with Crippen LogP contribution in [0, 0.1) is 5.82 Å². The second kappa shape index (κ2) is 6.04. The van der Waals surface area contributed by atoms with Crippen LogP contribution >= 0.6 is 11.6 Å². The highest BCUT2D eigenvalue weighted by Crippen LogP contribution is 2.31. The van der Waals surface area contributed by atoms with Gasteiger partial charge in [0.15, 0.2) is 11.6 Å². The molecule has 0 spiro atoms. The summed E-state index contributed by atoms with van der Waals surface area (Å²) in [6.45, 7) is 1.93. The van der Waals surface area contributed by atoms with Crippen molar-refractivity contribution in [1.82, 2.24) is 0 Å². The van der Waals surface area contributed by atoms with Gasteiger partial charge in [-0.1, -0.05) is 29.8 Å². The average Bonchev–Trinajstić information content (AvgIpc) is 2.34. The molecule has 2 aromatic carbocycles. The summed E-state index contributed by atoms with van der Waals surface area (Å²) in [4.78, 5) is 0. The number of hydrogen-bond acceptors (Lipinski definition) is 2. The molecule has 0 heterocycles. The minimum Gasteiger partial charge on any atom is -0.453 e. The van der Waals surface area contributed by atoms with Crippen molar-refractivity contribution in [2.45, 2.75) is 19.4 Å². The molecule has 100 valence electrons. The van der Waals surface area contributed by atoms with Crippen molar-refractivity contribution < 1.29 is 9.13 Å². The quantitative estimate of drug-likeness (QED) is 0.912. The average molecular weight is 280 g/mol. The number of halogens is 2. The minimum absolute atomic E-state index is 0.0643. The summed E-state index contributed by atoms with van der Waals surface area (Å²) in [6.07, 6.45) is 0.736. The Morgan fingerprint density at radius 2 is 1.95 bits per heavy atom. The van der Waals surface area contributed by atoms with Crippen LogP contribution in [0.5, 0.6) is 11.5 Å². The normalized spacial score (nSPS) is 12.2. The van der Waals surface area contributed by atoms with Gasteiger partial charge in [0.25, 0.3) is 0 Å². The van der Waals surface area contributed by atoms with Gasteiger partial charge in [0.1, 0.15) is 5.75 Å². The van der Waals surface area contributed by atoms with E-state index in [4.69, 9.17) is 22.1 Å². The van der Waals surface area contributed by atoms with Crippen LogP contribution in [-0.4, -0.2) is 6.04 Å². The Morgan fingerprint density at radius 3 is 2.58 bits per heavy atom. The standard InChI is InChI=1S/C15H15ClFNO/c1-10(18)8-11-6-7-14(12(16)9-11)19-15-5-3-2-4-13(15)17/h2-7,9-10H,8,18H2,1H3. The summed E-state index contributed by atoms with van der Waals surface area (Å²) >= 11 is 6.13. The number of rotatable bonds is 4. The van der Waals surface area contributed by atoms with Gasteiger partial charge in [0, 0.05) is 6.04 Å². The SMILES string of the molecule is CC(N)Cc1ccc(Oc2ccccc2F)c(Cl)c1. The molecule has 0 bridgehead atoms. The van der Waals surface area contributed by atoms with Crippen molar-refractivity contribution in [3.05, 3.63) is 58.9 Å². The van der Waals surface area contributed by atoms with Crippen molar-refractivity contribution in [1.29, 1.82) is 0 Å². The van der Waals surface area contributed by atoms with E-state index in [0.717, 1.165) is 12.0 Å². The van der Waals surface area contributed by atoms with Crippen LogP contribution in [0.15, 0.2) is 42.5 Å². The third-order valence-electron chi connectivity index (χ3n) is 2.61. The monoisotopic (exact) mass is 279 g/mol. The van der Waals surface area contributed by atoms with Crippen molar-refractivity contribution in [2.75, 3.05) is 0 Å². The summed E-state index contributed by atoms with van der Waals surface area (Å²) in [5.74, 6) is 0.169. The second-order valence-corrected chi connectivity index (χ2v) is 4.89. The Kier molecular flexibility index (Phi) is 4.40. The van der Waals surface area contributed by atoms with Crippen LogP contribution in [0.2, 0.25) is 5.02 Å². The molecule has 2 nitrogen and oxygen atoms in total. The molecule has 19 heavy (non-hydrogen) atoms. The highest BCUT2D eigenvalue weighted by atomic mass is 35.5. The fourth-order valence-electron chi connectivity index (χ4n) is 1.77. The molecule has 0 amide bonds. The summed E-state index contributed by atoms with van der Waals surface area (Å²) in [5.41, 5.74) is 6.76. The Labute approximate surface area is 117 Å². The molecule has 0 aromatic heterocycles. The lowest BCUT2D eigenvalue weighted by Crippen LogP contribution is -2.17. The van der Waals surface area contributed by atoms with Gasteiger partial charge in [0.05, 0.1) is 5.02 Å². The first-order valence-electron chi connectivity index (χ1n) is 6.02. The van der Waals surface area contributed by atoms with E-state index in [1.165, 1.54) is 6.07 Å². The molecular weight excluding hydrogens is 265 g/mol. The first-order valence-corrected chi connectivity index (χ1v) is 6.40. The Balaban J connectivity index is 2.20. The first kappa shape index (κ1) is 13.8. The van der Waals surface area contributed by atoms with Gasteiger partial charge in [-0.25, -0.2) is 4.39 Å². The van der Waals surface area contributed by atoms with E-state index in [0.29, 0.717) is 10.8 Å². The molecule has 2 aromatic rings. The minimum atomic E-state index is -0.418. The zero-order chi connectivity index (χ0) is 13.8. The van der Waals surface area contributed by atoms with E-state index in [9.17, 15) is 4.39 Å². The Bertz CT molecular complexity index is 572. The van der Waals surface area contributed by atoms with Crippen LogP contribution in [0.25, 0.3) is 0 Å². The summed E-state index contributed by atoms with van der Waals surface area (Å²) in [7, 11) is 0. The lowest BCUT2D eigenvalue weighted by Gasteiger charge is -2.10. The van der Waals surface area contributed by atoms with Crippen LogP contribution in [-0.2, 0) is 6.42 Å². The van der Waals surface area contributed by atoms with Crippen molar-refractivity contribution in [3.63, 3.8) is 0 Å². The number of hydrogen-bond donors (Lipinski definition) is 1. The van der Waals surface area contributed by atoms with Gasteiger partial charge in [-0.2, -0.15) is 0 Å². The maximum Gasteiger partial charge on any atom is 0.165 e. The van der Waals surface area contributed by atoms with Crippen LogP contribution < -0.4 is 10.5 Å². The number of para-hydroxylation sites is 1. The van der Waals surface area contributed by atoms with E-state index in [-0.39, 0.29) is 11.8 Å². The van der Waals surface area contributed by atoms with Crippen molar-refractivity contribution in [3.8, 4) is 11.5 Å². The van der Waals surface area contributed by atoms with Gasteiger partial charge in [0.2, 0.25) is 0 Å². The molecule has 1 unspecified atom stereocenters. The lowest BCUT2D eigenvalue weighted by molar-refractivity contribution is 0.442. The highest BCUT2D eigenvalue weighted by molar-refractivity contribution is 6.32. The van der Waals surface area contributed by atoms with E-state index < -0.39 is 5.82 Å². The Morgan fingerprint density at radius 1 is 1.21 bits per heavy atom. The molecule has 0 aliphatic heterocycles. The first-order chi connectivity index (χ1) is 9.06. The van der Waals surface area contributed by atoms with E-state index >= 15 is 0 Å². The molecule has 2 rings (SSSR count). The third kappa shape index (κ3) is 3.69. The number of benzene rings is 2. The summed E-state index contributed by atoms with van der Waals surface area (Å²) < 4.78 is 18.9. The lowest BCUT2D eigenvalue weighted by atomic mass is 10.1. The van der Waals surface area contributed by atoms with E-state index in [1.54, 1.807) is 30.3 Å². The largest absolute Gasteiger partial charge is 0.453 e. The smallest absolute Gasteiger partial charge is 0.165 e. The number of nitrogens with two attached hydrogens (primary N) is 1. The highest BCUT2D eigenvalue weighted by Gasteiger charge is 2.08. The molecule has 0 saturated heterocycles. The van der Waals surface area contributed by atoms with E-state index in [1.807, 2.05) is 13.0 Å². The summed E-state index contributed by atoms with van der Waals surface area (Å²) in [6, 6.07) is 11.7.